The Bertz CT molecular complexity index is 755. The third-order valence-corrected chi connectivity index (χ3v) is 4.54. The van der Waals surface area contributed by atoms with Gasteiger partial charge in [-0.25, -0.2) is 21.6 Å². The van der Waals surface area contributed by atoms with E-state index in [0.29, 0.717) is 11.6 Å². The van der Waals surface area contributed by atoms with E-state index >= 15 is 0 Å². The summed E-state index contributed by atoms with van der Waals surface area (Å²) < 4.78 is 63.7. The smallest absolute Gasteiger partial charge is 0.185 e. The maximum Gasteiger partial charge on any atom is 0.185 e. The first-order valence-electron chi connectivity index (χ1n) is 5.72. The zero-order valence-electron chi connectivity index (χ0n) is 10.5. The molecule has 0 heterocycles. The number of hydrogen-bond donors (Lipinski definition) is 0. The van der Waals surface area contributed by atoms with E-state index in [-0.39, 0.29) is 5.56 Å². The van der Waals surface area contributed by atoms with Gasteiger partial charge in [0, 0.05) is 6.07 Å². The fraction of sp³-hybridized carbons (Fsp3) is 0.143. The van der Waals surface area contributed by atoms with Crippen LogP contribution < -0.4 is 0 Å². The van der Waals surface area contributed by atoms with Gasteiger partial charge in [-0.3, -0.25) is 0 Å². The van der Waals surface area contributed by atoms with Crippen molar-refractivity contribution in [3.63, 3.8) is 0 Å². The first-order chi connectivity index (χ1) is 9.29. The van der Waals surface area contributed by atoms with Crippen molar-refractivity contribution in [1.82, 2.24) is 0 Å². The standard InChI is InChI=1S/C14H11F3O2S/c1-9-2-3-10(6-12(9)16)8-20(18,19)14-5-4-11(15)7-13(14)17/h2-7H,8H2,1H3. The average molecular weight is 300 g/mol. The van der Waals surface area contributed by atoms with Crippen molar-refractivity contribution in [2.45, 2.75) is 17.6 Å². The van der Waals surface area contributed by atoms with Crippen LogP contribution in [0.2, 0.25) is 0 Å². The lowest BCUT2D eigenvalue weighted by Crippen LogP contribution is -2.08. The highest BCUT2D eigenvalue weighted by Gasteiger charge is 2.20. The lowest BCUT2D eigenvalue weighted by Gasteiger charge is -2.07. The fourth-order valence-corrected chi connectivity index (χ4v) is 3.16. The fourth-order valence-electron chi connectivity index (χ4n) is 1.75. The quantitative estimate of drug-likeness (QED) is 0.814. The van der Waals surface area contributed by atoms with E-state index in [1.807, 2.05) is 0 Å². The van der Waals surface area contributed by atoms with Crippen LogP contribution in [0.5, 0.6) is 0 Å². The highest BCUT2D eigenvalue weighted by atomic mass is 32.2. The zero-order valence-corrected chi connectivity index (χ0v) is 11.3. The molecule has 2 aromatic rings. The molecular weight excluding hydrogens is 289 g/mol. The zero-order chi connectivity index (χ0) is 14.9. The molecule has 0 aliphatic rings. The molecule has 0 spiro atoms. The maximum absolute atomic E-state index is 13.5. The van der Waals surface area contributed by atoms with E-state index < -0.39 is 37.9 Å². The van der Waals surface area contributed by atoms with Gasteiger partial charge in [-0.05, 0) is 36.2 Å². The number of halogens is 3. The minimum Gasteiger partial charge on any atom is -0.223 e. The lowest BCUT2D eigenvalue weighted by atomic mass is 10.2. The van der Waals surface area contributed by atoms with Crippen LogP contribution >= 0.6 is 0 Å². The van der Waals surface area contributed by atoms with Crippen molar-refractivity contribution in [1.29, 1.82) is 0 Å². The van der Waals surface area contributed by atoms with Crippen LogP contribution in [0.15, 0.2) is 41.3 Å². The van der Waals surface area contributed by atoms with Crippen LogP contribution in [-0.2, 0) is 15.6 Å². The third kappa shape index (κ3) is 3.01. The molecule has 0 amide bonds. The van der Waals surface area contributed by atoms with E-state index in [2.05, 4.69) is 0 Å². The van der Waals surface area contributed by atoms with Gasteiger partial charge in [0.1, 0.15) is 22.3 Å². The summed E-state index contributed by atoms with van der Waals surface area (Å²) in [7, 11) is -4.00. The van der Waals surface area contributed by atoms with E-state index in [9.17, 15) is 21.6 Å². The Kier molecular flexibility index (Phi) is 3.85. The van der Waals surface area contributed by atoms with Crippen LogP contribution in [-0.4, -0.2) is 8.42 Å². The molecule has 106 valence electrons. The van der Waals surface area contributed by atoms with Gasteiger partial charge in [0.25, 0.3) is 0 Å². The van der Waals surface area contributed by atoms with Crippen LogP contribution in [0.25, 0.3) is 0 Å². The molecular formula is C14H11F3O2S. The van der Waals surface area contributed by atoms with Gasteiger partial charge in [0.2, 0.25) is 0 Å². The second kappa shape index (κ2) is 5.28. The normalized spacial score (nSPS) is 11.6. The van der Waals surface area contributed by atoms with Crippen molar-refractivity contribution < 1.29 is 21.6 Å². The molecule has 2 nitrogen and oxygen atoms in total. The van der Waals surface area contributed by atoms with Gasteiger partial charge >= 0.3 is 0 Å². The minimum atomic E-state index is -4.00. The molecule has 0 saturated heterocycles. The molecule has 0 aliphatic heterocycles. The molecule has 2 aromatic carbocycles. The van der Waals surface area contributed by atoms with Gasteiger partial charge in [-0.1, -0.05) is 12.1 Å². The molecule has 2 rings (SSSR count). The number of rotatable bonds is 3. The van der Waals surface area contributed by atoms with Gasteiger partial charge in [-0.15, -0.1) is 0 Å². The molecule has 0 atom stereocenters. The molecule has 0 bridgehead atoms. The van der Waals surface area contributed by atoms with Crippen LogP contribution in [0.4, 0.5) is 13.2 Å². The van der Waals surface area contributed by atoms with Crippen molar-refractivity contribution >= 4 is 9.84 Å². The predicted molar refractivity (Wildman–Crippen MR) is 68.4 cm³/mol. The third-order valence-electron chi connectivity index (χ3n) is 2.82. The molecule has 0 radical (unpaired) electrons. The van der Waals surface area contributed by atoms with Crippen LogP contribution in [0.3, 0.4) is 0 Å². The largest absolute Gasteiger partial charge is 0.223 e. The predicted octanol–water partition coefficient (Wildman–Crippen LogP) is 3.39. The molecule has 0 saturated carbocycles. The minimum absolute atomic E-state index is 0.205. The number of aryl methyl sites for hydroxylation is 1. The van der Waals surface area contributed by atoms with Crippen molar-refractivity contribution in [2.75, 3.05) is 0 Å². The Morgan fingerprint density at radius 1 is 0.950 bits per heavy atom. The van der Waals surface area contributed by atoms with Crippen molar-refractivity contribution in [3.8, 4) is 0 Å². The van der Waals surface area contributed by atoms with Gasteiger partial charge in [0.15, 0.2) is 9.84 Å². The monoisotopic (exact) mass is 300 g/mol. The Morgan fingerprint density at radius 3 is 2.25 bits per heavy atom. The molecule has 0 aromatic heterocycles. The van der Waals surface area contributed by atoms with Gasteiger partial charge < -0.3 is 0 Å². The summed E-state index contributed by atoms with van der Waals surface area (Å²) in [5.74, 6) is -3.09. The molecule has 0 fully saturated rings. The summed E-state index contributed by atoms with van der Waals surface area (Å²) in [6.45, 7) is 1.55. The lowest BCUT2D eigenvalue weighted by molar-refractivity contribution is 0.548. The first-order valence-corrected chi connectivity index (χ1v) is 7.37. The van der Waals surface area contributed by atoms with Gasteiger partial charge in [-0.2, -0.15) is 0 Å². The van der Waals surface area contributed by atoms with Crippen molar-refractivity contribution in [2.24, 2.45) is 0 Å². The Morgan fingerprint density at radius 2 is 1.65 bits per heavy atom. The number of hydrogen-bond acceptors (Lipinski definition) is 2. The molecule has 0 unspecified atom stereocenters. The second-order valence-corrected chi connectivity index (χ2v) is 6.38. The van der Waals surface area contributed by atoms with Crippen LogP contribution in [0.1, 0.15) is 11.1 Å². The summed E-state index contributed by atoms with van der Waals surface area (Å²) in [6, 6.07) is 6.23. The Hall–Kier alpha value is -1.82. The Balaban J connectivity index is 2.38. The summed E-state index contributed by atoms with van der Waals surface area (Å²) in [6.07, 6.45) is 0. The van der Waals surface area contributed by atoms with Crippen molar-refractivity contribution in [3.05, 3.63) is 65.0 Å². The molecule has 0 N–H and O–H groups in total. The summed E-state index contributed by atoms with van der Waals surface area (Å²) >= 11 is 0. The first kappa shape index (κ1) is 14.6. The van der Waals surface area contributed by atoms with E-state index in [1.54, 1.807) is 6.92 Å². The van der Waals surface area contributed by atoms with E-state index in [4.69, 9.17) is 0 Å². The van der Waals surface area contributed by atoms with E-state index in [0.717, 1.165) is 18.2 Å². The average Bonchev–Trinajstić information content (AvgIpc) is 2.33. The summed E-state index contributed by atoms with van der Waals surface area (Å²) in [5.41, 5.74) is 0.593. The Labute approximate surface area is 114 Å². The van der Waals surface area contributed by atoms with E-state index in [1.165, 1.54) is 12.1 Å². The van der Waals surface area contributed by atoms with Gasteiger partial charge in [0.05, 0.1) is 5.75 Å². The summed E-state index contributed by atoms with van der Waals surface area (Å²) in [4.78, 5) is -0.597. The summed E-state index contributed by atoms with van der Waals surface area (Å²) in [5, 5.41) is 0. The maximum atomic E-state index is 13.5. The molecule has 20 heavy (non-hydrogen) atoms. The van der Waals surface area contributed by atoms with Crippen LogP contribution in [0, 0.1) is 24.4 Å². The molecule has 0 aliphatic carbocycles. The SMILES string of the molecule is Cc1ccc(CS(=O)(=O)c2ccc(F)cc2F)cc1F. The highest BCUT2D eigenvalue weighted by Crippen LogP contribution is 2.21. The highest BCUT2D eigenvalue weighted by molar-refractivity contribution is 7.90. The number of benzene rings is 2. The second-order valence-electron chi connectivity index (χ2n) is 4.42. The topological polar surface area (TPSA) is 34.1 Å². The molecule has 6 heteroatoms. The number of sulfone groups is 1.